The van der Waals surface area contributed by atoms with E-state index in [0.717, 1.165) is 23.6 Å². The number of benzene rings is 2. The summed E-state index contributed by atoms with van der Waals surface area (Å²) in [7, 11) is 0. The number of carbonyl (C=O) groups is 3. The Labute approximate surface area is 147 Å². The Morgan fingerprint density at radius 1 is 1.00 bits per heavy atom. The van der Waals surface area contributed by atoms with Crippen molar-refractivity contribution in [2.24, 2.45) is 5.92 Å². The molecule has 0 atom stereocenters. The van der Waals surface area contributed by atoms with Gasteiger partial charge in [0.15, 0.2) is 0 Å². The van der Waals surface area contributed by atoms with Crippen LogP contribution in [0.15, 0.2) is 36.4 Å². The largest absolute Gasteiger partial charge is 0.354 e. The van der Waals surface area contributed by atoms with E-state index >= 15 is 0 Å². The maximum absolute atomic E-state index is 12.7. The molecule has 0 aromatic heterocycles. The summed E-state index contributed by atoms with van der Waals surface area (Å²) in [6.07, 6.45) is 1.55. The SMILES string of the molecule is CCC(CC)C(=O)NCCN1C(=O)c2cccc3cccc(c23)C1=O. The van der Waals surface area contributed by atoms with E-state index in [9.17, 15) is 14.4 Å². The predicted molar refractivity (Wildman–Crippen MR) is 96.4 cm³/mol. The van der Waals surface area contributed by atoms with Crippen LogP contribution in [0.4, 0.5) is 0 Å². The van der Waals surface area contributed by atoms with E-state index in [4.69, 9.17) is 0 Å². The Balaban J connectivity index is 1.78. The summed E-state index contributed by atoms with van der Waals surface area (Å²) in [5, 5.41) is 4.44. The van der Waals surface area contributed by atoms with Crippen LogP contribution >= 0.6 is 0 Å². The fraction of sp³-hybridized carbons (Fsp3) is 0.350. The third-order valence-corrected chi connectivity index (χ3v) is 4.85. The maximum atomic E-state index is 12.7. The Bertz CT molecular complexity index is 789. The van der Waals surface area contributed by atoms with Crippen molar-refractivity contribution >= 4 is 28.5 Å². The lowest BCUT2D eigenvalue weighted by Crippen LogP contribution is -2.45. The van der Waals surface area contributed by atoms with Gasteiger partial charge in [0.1, 0.15) is 0 Å². The monoisotopic (exact) mass is 338 g/mol. The lowest BCUT2D eigenvalue weighted by Gasteiger charge is -2.27. The topological polar surface area (TPSA) is 66.5 Å². The van der Waals surface area contributed by atoms with E-state index in [2.05, 4.69) is 5.32 Å². The third kappa shape index (κ3) is 3.02. The first-order valence-electron chi connectivity index (χ1n) is 8.74. The van der Waals surface area contributed by atoms with Crippen LogP contribution in [0, 0.1) is 5.92 Å². The van der Waals surface area contributed by atoms with Crippen molar-refractivity contribution in [1.82, 2.24) is 10.2 Å². The minimum Gasteiger partial charge on any atom is -0.354 e. The van der Waals surface area contributed by atoms with Gasteiger partial charge < -0.3 is 5.32 Å². The second kappa shape index (κ2) is 7.05. The number of nitrogens with one attached hydrogen (secondary N) is 1. The zero-order valence-corrected chi connectivity index (χ0v) is 14.5. The van der Waals surface area contributed by atoms with Crippen LogP contribution in [0.1, 0.15) is 47.4 Å². The molecule has 2 aromatic carbocycles. The van der Waals surface area contributed by atoms with Gasteiger partial charge in [-0.1, -0.05) is 38.1 Å². The average molecular weight is 338 g/mol. The number of rotatable bonds is 6. The molecule has 0 aliphatic carbocycles. The van der Waals surface area contributed by atoms with Crippen LogP contribution in [0.3, 0.4) is 0 Å². The summed E-state index contributed by atoms with van der Waals surface area (Å²) in [6, 6.07) is 10.9. The standard InChI is InChI=1S/C20H22N2O3/c1-3-13(4-2)18(23)21-11-12-22-19(24)15-9-5-7-14-8-6-10-16(17(14)15)20(22)25/h5-10,13H,3-4,11-12H2,1-2H3,(H,21,23). The zero-order chi connectivity index (χ0) is 18.0. The number of nitrogens with zero attached hydrogens (tertiary/aromatic N) is 1. The van der Waals surface area contributed by atoms with Gasteiger partial charge in [-0.15, -0.1) is 0 Å². The number of hydrogen-bond acceptors (Lipinski definition) is 3. The summed E-state index contributed by atoms with van der Waals surface area (Å²) in [6.45, 7) is 4.39. The van der Waals surface area contributed by atoms with Gasteiger partial charge in [-0.2, -0.15) is 0 Å². The van der Waals surface area contributed by atoms with Crippen molar-refractivity contribution in [2.75, 3.05) is 13.1 Å². The van der Waals surface area contributed by atoms with E-state index in [-0.39, 0.29) is 36.7 Å². The Morgan fingerprint density at radius 3 is 2.08 bits per heavy atom. The molecule has 2 aromatic rings. The molecule has 0 radical (unpaired) electrons. The van der Waals surface area contributed by atoms with Gasteiger partial charge in [-0.25, -0.2) is 0 Å². The smallest absolute Gasteiger partial charge is 0.261 e. The number of imide groups is 1. The van der Waals surface area contributed by atoms with Gasteiger partial charge in [0.25, 0.3) is 11.8 Å². The molecule has 1 aliphatic heterocycles. The molecule has 0 bridgehead atoms. The first kappa shape index (κ1) is 17.1. The number of carbonyl (C=O) groups excluding carboxylic acids is 3. The zero-order valence-electron chi connectivity index (χ0n) is 14.5. The molecule has 5 nitrogen and oxygen atoms in total. The van der Waals surface area contributed by atoms with Gasteiger partial charge in [0, 0.05) is 35.5 Å². The quantitative estimate of drug-likeness (QED) is 0.824. The molecular weight excluding hydrogens is 316 g/mol. The van der Waals surface area contributed by atoms with Gasteiger partial charge in [-0.05, 0) is 30.4 Å². The molecule has 0 saturated carbocycles. The highest BCUT2D eigenvalue weighted by molar-refractivity contribution is 6.25. The van der Waals surface area contributed by atoms with Gasteiger partial charge in [0.05, 0.1) is 0 Å². The van der Waals surface area contributed by atoms with Crippen LogP contribution in [0.2, 0.25) is 0 Å². The van der Waals surface area contributed by atoms with Crippen LogP contribution in [0.5, 0.6) is 0 Å². The maximum Gasteiger partial charge on any atom is 0.261 e. The van der Waals surface area contributed by atoms with Crippen molar-refractivity contribution in [3.63, 3.8) is 0 Å². The Kier molecular flexibility index (Phi) is 4.83. The van der Waals surface area contributed by atoms with E-state index in [0.29, 0.717) is 11.1 Å². The number of hydrogen-bond donors (Lipinski definition) is 1. The van der Waals surface area contributed by atoms with E-state index < -0.39 is 0 Å². The van der Waals surface area contributed by atoms with Gasteiger partial charge in [0.2, 0.25) is 5.91 Å². The van der Waals surface area contributed by atoms with Crippen molar-refractivity contribution in [1.29, 1.82) is 0 Å². The van der Waals surface area contributed by atoms with Crippen molar-refractivity contribution in [3.8, 4) is 0 Å². The molecule has 25 heavy (non-hydrogen) atoms. The highest BCUT2D eigenvalue weighted by Gasteiger charge is 2.32. The summed E-state index contributed by atoms with van der Waals surface area (Å²) in [5.41, 5.74) is 1.08. The van der Waals surface area contributed by atoms with Crippen molar-refractivity contribution < 1.29 is 14.4 Å². The summed E-state index contributed by atoms with van der Waals surface area (Å²) in [5.74, 6) is -0.649. The average Bonchev–Trinajstić information content (AvgIpc) is 2.63. The lowest BCUT2D eigenvalue weighted by atomic mass is 9.94. The third-order valence-electron chi connectivity index (χ3n) is 4.85. The molecule has 1 N–H and O–H groups in total. The lowest BCUT2D eigenvalue weighted by molar-refractivity contribution is -0.125. The van der Waals surface area contributed by atoms with Crippen LogP contribution in [-0.2, 0) is 4.79 Å². The highest BCUT2D eigenvalue weighted by Crippen LogP contribution is 2.29. The van der Waals surface area contributed by atoms with Crippen LogP contribution in [0.25, 0.3) is 10.8 Å². The predicted octanol–water partition coefficient (Wildman–Crippen LogP) is 2.99. The second-order valence-corrected chi connectivity index (χ2v) is 6.28. The molecule has 3 rings (SSSR count). The molecule has 0 unspecified atom stereocenters. The summed E-state index contributed by atoms with van der Waals surface area (Å²) in [4.78, 5) is 38.7. The number of amides is 3. The molecule has 1 heterocycles. The summed E-state index contributed by atoms with van der Waals surface area (Å²) < 4.78 is 0. The minimum atomic E-state index is -0.300. The van der Waals surface area contributed by atoms with E-state index in [1.165, 1.54) is 4.90 Å². The normalized spacial score (nSPS) is 13.6. The Morgan fingerprint density at radius 2 is 1.56 bits per heavy atom. The highest BCUT2D eigenvalue weighted by atomic mass is 16.2. The van der Waals surface area contributed by atoms with Gasteiger partial charge >= 0.3 is 0 Å². The van der Waals surface area contributed by atoms with Gasteiger partial charge in [-0.3, -0.25) is 19.3 Å². The molecule has 0 saturated heterocycles. The van der Waals surface area contributed by atoms with Crippen LogP contribution < -0.4 is 5.32 Å². The first-order chi connectivity index (χ1) is 12.1. The first-order valence-corrected chi connectivity index (χ1v) is 8.74. The molecule has 0 fully saturated rings. The van der Waals surface area contributed by atoms with E-state index in [1.54, 1.807) is 12.1 Å². The Hall–Kier alpha value is -2.69. The fourth-order valence-corrected chi connectivity index (χ4v) is 3.38. The second-order valence-electron chi connectivity index (χ2n) is 6.28. The van der Waals surface area contributed by atoms with E-state index in [1.807, 2.05) is 38.1 Å². The molecule has 0 spiro atoms. The molecule has 5 heteroatoms. The molecule has 1 aliphatic rings. The van der Waals surface area contributed by atoms with Crippen LogP contribution in [-0.4, -0.2) is 35.7 Å². The molecule has 130 valence electrons. The minimum absolute atomic E-state index is 0.0237. The van der Waals surface area contributed by atoms with Crippen molar-refractivity contribution in [3.05, 3.63) is 47.5 Å². The fourth-order valence-electron chi connectivity index (χ4n) is 3.38. The summed E-state index contributed by atoms with van der Waals surface area (Å²) >= 11 is 0. The van der Waals surface area contributed by atoms with Crippen molar-refractivity contribution in [2.45, 2.75) is 26.7 Å². The molecule has 3 amide bonds. The molecular formula is C20H22N2O3.